The van der Waals surface area contributed by atoms with E-state index in [9.17, 15) is 0 Å². The largest absolute Gasteiger partial charge is 0.496 e. The van der Waals surface area contributed by atoms with Crippen molar-refractivity contribution in [2.45, 2.75) is 45.8 Å². The van der Waals surface area contributed by atoms with Gasteiger partial charge in [0.15, 0.2) is 0 Å². The summed E-state index contributed by atoms with van der Waals surface area (Å²) in [5.74, 6) is 0.859. The predicted molar refractivity (Wildman–Crippen MR) is 87.6 cm³/mol. The molecule has 20 heavy (non-hydrogen) atoms. The quantitative estimate of drug-likeness (QED) is 0.778. The average Bonchev–Trinajstić information content (AvgIpc) is 2.38. The SMILES string of the molecule is CCNC(Cc1ccc(OC)c(Br)c1)C(C)(C)OCC. The summed E-state index contributed by atoms with van der Waals surface area (Å²) < 4.78 is 12.2. The summed E-state index contributed by atoms with van der Waals surface area (Å²) >= 11 is 3.54. The highest BCUT2D eigenvalue weighted by Crippen LogP contribution is 2.27. The molecule has 0 spiro atoms. The van der Waals surface area contributed by atoms with Gasteiger partial charge in [0.25, 0.3) is 0 Å². The van der Waals surface area contributed by atoms with Crippen molar-refractivity contribution in [1.29, 1.82) is 0 Å². The van der Waals surface area contributed by atoms with Crippen LogP contribution in [0.2, 0.25) is 0 Å². The second kappa shape index (κ2) is 8.01. The van der Waals surface area contributed by atoms with Crippen molar-refractivity contribution in [3.63, 3.8) is 0 Å². The van der Waals surface area contributed by atoms with Crippen LogP contribution in [0, 0.1) is 0 Å². The first kappa shape index (κ1) is 17.5. The lowest BCUT2D eigenvalue weighted by atomic mass is 9.92. The molecule has 0 saturated heterocycles. The summed E-state index contributed by atoms with van der Waals surface area (Å²) in [4.78, 5) is 0. The normalized spacial score (nSPS) is 13.3. The Balaban J connectivity index is 2.87. The van der Waals surface area contributed by atoms with Crippen molar-refractivity contribution in [2.24, 2.45) is 0 Å². The minimum Gasteiger partial charge on any atom is -0.496 e. The number of methoxy groups -OCH3 is 1. The van der Waals surface area contributed by atoms with Crippen LogP contribution in [0.15, 0.2) is 22.7 Å². The molecule has 0 saturated carbocycles. The summed E-state index contributed by atoms with van der Waals surface area (Å²) in [6.45, 7) is 10.1. The van der Waals surface area contributed by atoms with Crippen LogP contribution in [0.1, 0.15) is 33.3 Å². The first-order chi connectivity index (χ1) is 9.44. The van der Waals surface area contributed by atoms with Crippen molar-refractivity contribution in [3.05, 3.63) is 28.2 Å². The number of likely N-dealkylation sites (N-methyl/N-ethyl adjacent to an activating group) is 1. The zero-order valence-electron chi connectivity index (χ0n) is 13.1. The van der Waals surface area contributed by atoms with Crippen LogP contribution in [0.4, 0.5) is 0 Å². The molecule has 1 aromatic rings. The van der Waals surface area contributed by atoms with E-state index in [0.717, 1.165) is 29.8 Å². The Bertz CT molecular complexity index is 421. The van der Waals surface area contributed by atoms with Crippen LogP contribution in [-0.4, -0.2) is 31.9 Å². The molecule has 1 N–H and O–H groups in total. The smallest absolute Gasteiger partial charge is 0.133 e. The molecule has 0 bridgehead atoms. The van der Waals surface area contributed by atoms with Gasteiger partial charge in [-0.15, -0.1) is 0 Å². The van der Waals surface area contributed by atoms with Gasteiger partial charge >= 0.3 is 0 Å². The third-order valence-electron chi connectivity index (χ3n) is 3.46. The van der Waals surface area contributed by atoms with Gasteiger partial charge in [-0.05, 0) is 67.4 Å². The van der Waals surface area contributed by atoms with Gasteiger partial charge in [0.05, 0.1) is 17.2 Å². The third-order valence-corrected chi connectivity index (χ3v) is 4.08. The fourth-order valence-corrected chi connectivity index (χ4v) is 2.94. The molecule has 4 heteroatoms. The van der Waals surface area contributed by atoms with E-state index in [4.69, 9.17) is 9.47 Å². The monoisotopic (exact) mass is 343 g/mol. The lowest BCUT2D eigenvalue weighted by Crippen LogP contribution is -2.50. The van der Waals surface area contributed by atoms with Crippen LogP contribution in [-0.2, 0) is 11.2 Å². The number of rotatable bonds is 8. The van der Waals surface area contributed by atoms with E-state index in [0.29, 0.717) is 0 Å². The molecule has 0 aliphatic rings. The molecule has 0 fully saturated rings. The Labute approximate surface area is 131 Å². The van der Waals surface area contributed by atoms with E-state index in [1.54, 1.807) is 7.11 Å². The molecule has 0 heterocycles. The minimum atomic E-state index is -0.197. The van der Waals surface area contributed by atoms with Crippen LogP contribution in [0.5, 0.6) is 5.75 Å². The number of hydrogen-bond donors (Lipinski definition) is 1. The predicted octanol–water partition coefficient (Wildman–Crippen LogP) is 3.79. The maximum absolute atomic E-state index is 5.89. The van der Waals surface area contributed by atoms with E-state index in [1.807, 2.05) is 13.0 Å². The van der Waals surface area contributed by atoms with E-state index in [-0.39, 0.29) is 11.6 Å². The minimum absolute atomic E-state index is 0.197. The second-order valence-electron chi connectivity index (χ2n) is 5.32. The maximum Gasteiger partial charge on any atom is 0.133 e. The summed E-state index contributed by atoms with van der Waals surface area (Å²) in [5.41, 5.74) is 1.06. The molecule has 0 radical (unpaired) electrons. The highest BCUT2D eigenvalue weighted by molar-refractivity contribution is 9.10. The highest BCUT2D eigenvalue weighted by atomic mass is 79.9. The van der Waals surface area contributed by atoms with Gasteiger partial charge in [-0.2, -0.15) is 0 Å². The molecule has 1 unspecified atom stereocenters. The summed E-state index contributed by atoms with van der Waals surface area (Å²) in [7, 11) is 1.68. The van der Waals surface area contributed by atoms with Gasteiger partial charge in [0, 0.05) is 12.6 Å². The van der Waals surface area contributed by atoms with Crippen LogP contribution >= 0.6 is 15.9 Å². The first-order valence-electron chi connectivity index (χ1n) is 7.14. The van der Waals surface area contributed by atoms with Crippen LogP contribution in [0.3, 0.4) is 0 Å². The zero-order valence-corrected chi connectivity index (χ0v) is 14.7. The molecule has 0 aliphatic carbocycles. The lowest BCUT2D eigenvalue weighted by Gasteiger charge is -2.35. The van der Waals surface area contributed by atoms with Gasteiger partial charge < -0.3 is 14.8 Å². The van der Waals surface area contributed by atoms with Crippen molar-refractivity contribution in [1.82, 2.24) is 5.32 Å². The van der Waals surface area contributed by atoms with Gasteiger partial charge in [-0.25, -0.2) is 0 Å². The Morgan fingerprint density at radius 1 is 1.30 bits per heavy atom. The Kier molecular flexibility index (Phi) is 7.00. The number of halogens is 1. The average molecular weight is 344 g/mol. The van der Waals surface area contributed by atoms with Gasteiger partial charge in [0.2, 0.25) is 0 Å². The molecule has 3 nitrogen and oxygen atoms in total. The molecule has 0 amide bonds. The van der Waals surface area contributed by atoms with E-state index >= 15 is 0 Å². The standard InChI is InChI=1S/C16H26BrNO2/c1-6-18-15(16(3,4)20-7-2)11-12-8-9-14(19-5)13(17)10-12/h8-10,15,18H,6-7,11H2,1-5H3. The summed E-state index contributed by atoms with van der Waals surface area (Å²) in [6, 6.07) is 6.49. The van der Waals surface area contributed by atoms with E-state index in [1.165, 1.54) is 5.56 Å². The topological polar surface area (TPSA) is 30.5 Å². The van der Waals surface area contributed by atoms with Crippen LogP contribution in [0.25, 0.3) is 0 Å². The number of nitrogens with one attached hydrogen (secondary N) is 1. The fraction of sp³-hybridized carbons (Fsp3) is 0.625. The van der Waals surface area contributed by atoms with Gasteiger partial charge in [-0.1, -0.05) is 13.0 Å². The van der Waals surface area contributed by atoms with Crippen molar-refractivity contribution in [3.8, 4) is 5.75 Å². The van der Waals surface area contributed by atoms with E-state index in [2.05, 4.69) is 54.2 Å². The van der Waals surface area contributed by atoms with Crippen LogP contribution < -0.4 is 10.1 Å². The lowest BCUT2D eigenvalue weighted by molar-refractivity contribution is -0.0376. The summed E-state index contributed by atoms with van der Waals surface area (Å²) in [5, 5.41) is 3.53. The molecule has 1 rings (SSSR count). The molecular weight excluding hydrogens is 318 g/mol. The third kappa shape index (κ3) is 4.76. The number of ether oxygens (including phenoxy) is 2. The Morgan fingerprint density at radius 3 is 2.50 bits per heavy atom. The molecule has 0 aromatic heterocycles. The number of hydrogen-bond acceptors (Lipinski definition) is 3. The zero-order chi connectivity index (χ0) is 15.2. The molecule has 114 valence electrons. The van der Waals surface area contributed by atoms with Gasteiger partial charge in [-0.3, -0.25) is 0 Å². The van der Waals surface area contributed by atoms with Crippen molar-refractivity contribution in [2.75, 3.05) is 20.3 Å². The highest BCUT2D eigenvalue weighted by Gasteiger charge is 2.29. The number of benzene rings is 1. The van der Waals surface area contributed by atoms with E-state index < -0.39 is 0 Å². The summed E-state index contributed by atoms with van der Waals surface area (Å²) in [6.07, 6.45) is 0.920. The molecule has 1 aromatic carbocycles. The second-order valence-corrected chi connectivity index (χ2v) is 6.17. The first-order valence-corrected chi connectivity index (χ1v) is 7.93. The van der Waals surface area contributed by atoms with Crippen molar-refractivity contribution < 1.29 is 9.47 Å². The van der Waals surface area contributed by atoms with Gasteiger partial charge in [0.1, 0.15) is 5.75 Å². The molecule has 1 atom stereocenters. The fourth-order valence-electron chi connectivity index (χ4n) is 2.36. The Morgan fingerprint density at radius 2 is 2.00 bits per heavy atom. The van der Waals surface area contributed by atoms with Crippen molar-refractivity contribution >= 4 is 15.9 Å². The Hall–Kier alpha value is -0.580. The molecule has 0 aliphatic heterocycles. The molecular formula is C16H26BrNO2. The maximum atomic E-state index is 5.89.